The number of hydrogen-bond acceptors (Lipinski definition) is 2. The molecule has 14 heavy (non-hydrogen) atoms. The highest BCUT2D eigenvalue weighted by Gasteiger charge is 2.24. The molecule has 0 aliphatic heterocycles. The van der Waals surface area contributed by atoms with Crippen LogP contribution in [-0.2, 0) is 12.8 Å². The Kier molecular flexibility index (Phi) is 1.87. The Balaban J connectivity index is 1.87. The van der Waals surface area contributed by atoms with Crippen LogP contribution in [0.4, 0.5) is 0 Å². The number of nitrogens with zero attached hydrogens (tertiary/aromatic N) is 2. The summed E-state index contributed by atoms with van der Waals surface area (Å²) in [5.41, 5.74) is 8.65. The maximum atomic E-state index is 5.94. The van der Waals surface area contributed by atoms with Crippen molar-refractivity contribution >= 4 is 0 Å². The first-order valence-corrected chi connectivity index (χ1v) is 5.65. The van der Waals surface area contributed by atoms with Gasteiger partial charge in [0.25, 0.3) is 0 Å². The Morgan fingerprint density at radius 1 is 1.36 bits per heavy atom. The summed E-state index contributed by atoms with van der Waals surface area (Å²) in [6.45, 7) is 0. The Labute approximate surface area is 84.3 Å². The highest BCUT2D eigenvalue weighted by atomic mass is 15.3. The lowest BCUT2D eigenvalue weighted by Gasteiger charge is -2.25. The third-order valence-corrected chi connectivity index (χ3v) is 3.58. The van der Waals surface area contributed by atoms with Crippen molar-refractivity contribution in [3.05, 3.63) is 17.5 Å². The summed E-state index contributed by atoms with van der Waals surface area (Å²) < 4.78 is 2.19. The summed E-state index contributed by atoms with van der Waals surface area (Å²) in [7, 11) is 0. The van der Waals surface area contributed by atoms with Gasteiger partial charge in [-0.2, -0.15) is 5.10 Å². The largest absolute Gasteiger partial charge is 0.327 e. The molecule has 1 heterocycles. The van der Waals surface area contributed by atoms with Crippen molar-refractivity contribution in [3.8, 4) is 0 Å². The van der Waals surface area contributed by atoms with Crippen LogP contribution in [0.25, 0.3) is 0 Å². The number of aromatic nitrogens is 2. The fourth-order valence-electron chi connectivity index (χ4n) is 2.39. The molecule has 2 aliphatic rings. The highest BCUT2D eigenvalue weighted by Crippen LogP contribution is 2.32. The van der Waals surface area contributed by atoms with Crippen LogP contribution in [0.3, 0.4) is 0 Å². The molecule has 3 rings (SSSR count). The Hall–Kier alpha value is -0.830. The third kappa shape index (κ3) is 1.27. The summed E-state index contributed by atoms with van der Waals surface area (Å²) >= 11 is 0. The normalized spacial score (nSPS) is 27.1. The number of nitrogens with two attached hydrogens (primary N) is 1. The topological polar surface area (TPSA) is 43.8 Å². The average molecular weight is 191 g/mol. The van der Waals surface area contributed by atoms with E-state index in [0.717, 1.165) is 19.3 Å². The lowest BCUT2D eigenvalue weighted by Crippen LogP contribution is -2.27. The molecule has 0 saturated heterocycles. The monoisotopic (exact) mass is 191 g/mol. The van der Waals surface area contributed by atoms with Crippen molar-refractivity contribution in [2.45, 2.75) is 50.6 Å². The van der Waals surface area contributed by atoms with E-state index in [4.69, 9.17) is 5.73 Å². The fourth-order valence-corrected chi connectivity index (χ4v) is 2.39. The molecule has 0 bridgehead atoms. The van der Waals surface area contributed by atoms with Crippen LogP contribution < -0.4 is 5.73 Å². The zero-order valence-electron chi connectivity index (χ0n) is 8.45. The predicted molar refractivity (Wildman–Crippen MR) is 55.1 cm³/mol. The number of hydrogen-bond donors (Lipinski definition) is 1. The summed E-state index contributed by atoms with van der Waals surface area (Å²) in [5, 5.41) is 4.67. The van der Waals surface area contributed by atoms with Gasteiger partial charge in [-0.25, -0.2) is 0 Å². The van der Waals surface area contributed by atoms with Gasteiger partial charge in [0.1, 0.15) is 0 Å². The molecule has 0 aromatic carbocycles. The molecule has 3 heteroatoms. The maximum absolute atomic E-state index is 5.94. The highest BCUT2D eigenvalue weighted by molar-refractivity contribution is 5.22. The minimum Gasteiger partial charge on any atom is -0.327 e. The molecule has 1 fully saturated rings. The zero-order chi connectivity index (χ0) is 9.54. The van der Waals surface area contributed by atoms with Gasteiger partial charge < -0.3 is 5.73 Å². The summed E-state index contributed by atoms with van der Waals surface area (Å²) in [6.07, 6.45) is 9.44. The van der Waals surface area contributed by atoms with Gasteiger partial charge in [0.05, 0.1) is 11.7 Å². The fraction of sp³-hybridized carbons (Fsp3) is 0.727. The second kappa shape index (κ2) is 3.09. The van der Waals surface area contributed by atoms with E-state index >= 15 is 0 Å². The van der Waals surface area contributed by atoms with Crippen molar-refractivity contribution in [1.29, 1.82) is 0 Å². The number of rotatable bonds is 1. The molecular formula is C11H17N3. The van der Waals surface area contributed by atoms with E-state index in [1.54, 1.807) is 0 Å². The number of aryl methyl sites for hydroxylation is 1. The predicted octanol–water partition coefficient (Wildman–Crippen LogP) is 1.42. The van der Waals surface area contributed by atoms with Crippen molar-refractivity contribution < 1.29 is 0 Å². The quantitative estimate of drug-likeness (QED) is 0.729. The standard InChI is InChI=1S/C11H17N3/c12-9-4-5-11-8(6-9)7-14(13-11)10-2-1-3-10/h7,9-10H,1-6,12H2. The van der Waals surface area contributed by atoms with Crippen molar-refractivity contribution in [2.24, 2.45) is 5.73 Å². The average Bonchev–Trinajstić information content (AvgIpc) is 2.43. The SMILES string of the molecule is NC1CCc2nn(C3CCC3)cc2C1. The van der Waals surface area contributed by atoms with Gasteiger partial charge in [-0.05, 0) is 44.1 Å². The first-order chi connectivity index (χ1) is 6.83. The van der Waals surface area contributed by atoms with Gasteiger partial charge in [-0.15, -0.1) is 0 Å². The van der Waals surface area contributed by atoms with Gasteiger partial charge >= 0.3 is 0 Å². The van der Waals surface area contributed by atoms with E-state index in [9.17, 15) is 0 Å². The molecule has 1 unspecified atom stereocenters. The Morgan fingerprint density at radius 3 is 2.93 bits per heavy atom. The molecule has 2 aliphatic carbocycles. The Morgan fingerprint density at radius 2 is 2.21 bits per heavy atom. The zero-order valence-corrected chi connectivity index (χ0v) is 8.45. The van der Waals surface area contributed by atoms with Gasteiger partial charge in [0.2, 0.25) is 0 Å². The minimum absolute atomic E-state index is 0.363. The lowest BCUT2D eigenvalue weighted by atomic mass is 9.93. The van der Waals surface area contributed by atoms with Crippen LogP contribution in [0.1, 0.15) is 43.0 Å². The molecule has 3 nitrogen and oxygen atoms in total. The van der Waals surface area contributed by atoms with E-state index in [1.807, 2.05) is 0 Å². The summed E-state index contributed by atoms with van der Waals surface area (Å²) in [6, 6.07) is 1.05. The third-order valence-electron chi connectivity index (χ3n) is 3.58. The van der Waals surface area contributed by atoms with Gasteiger partial charge in [0, 0.05) is 12.2 Å². The van der Waals surface area contributed by atoms with Crippen LogP contribution in [0.15, 0.2) is 6.20 Å². The second-order valence-corrected chi connectivity index (χ2v) is 4.67. The molecule has 1 aromatic heterocycles. The van der Waals surface area contributed by atoms with Crippen LogP contribution in [0, 0.1) is 0 Å². The molecule has 1 saturated carbocycles. The van der Waals surface area contributed by atoms with Crippen molar-refractivity contribution in [1.82, 2.24) is 9.78 Å². The second-order valence-electron chi connectivity index (χ2n) is 4.67. The molecule has 0 spiro atoms. The molecule has 2 N–H and O–H groups in total. The van der Waals surface area contributed by atoms with Crippen molar-refractivity contribution in [2.75, 3.05) is 0 Å². The molecular weight excluding hydrogens is 174 g/mol. The maximum Gasteiger partial charge on any atom is 0.0657 e. The van der Waals surface area contributed by atoms with E-state index in [-0.39, 0.29) is 0 Å². The van der Waals surface area contributed by atoms with Crippen LogP contribution in [0.5, 0.6) is 0 Å². The summed E-state index contributed by atoms with van der Waals surface area (Å²) in [4.78, 5) is 0. The molecule has 76 valence electrons. The molecule has 0 radical (unpaired) electrons. The first kappa shape index (κ1) is 8.48. The van der Waals surface area contributed by atoms with E-state index in [1.165, 1.54) is 30.5 Å². The van der Waals surface area contributed by atoms with Crippen LogP contribution >= 0.6 is 0 Å². The smallest absolute Gasteiger partial charge is 0.0657 e. The van der Waals surface area contributed by atoms with Gasteiger partial charge in [-0.1, -0.05) is 0 Å². The van der Waals surface area contributed by atoms with E-state index < -0.39 is 0 Å². The lowest BCUT2D eigenvalue weighted by molar-refractivity contribution is 0.288. The minimum atomic E-state index is 0.363. The van der Waals surface area contributed by atoms with Gasteiger partial charge in [0.15, 0.2) is 0 Å². The van der Waals surface area contributed by atoms with E-state index in [2.05, 4.69) is 16.0 Å². The van der Waals surface area contributed by atoms with Crippen LogP contribution in [0.2, 0.25) is 0 Å². The number of fused-ring (bicyclic) bond motifs is 1. The van der Waals surface area contributed by atoms with Crippen molar-refractivity contribution in [3.63, 3.8) is 0 Å². The summed E-state index contributed by atoms with van der Waals surface area (Å²) in [5.74, 6) is 0. The molecule has 0 amide bonds. The molecule has 1 aromatic rings. The van der Waals surface area contributed by atoms with E-state index in [0.29, 0.717) is 12.1 Å². The Bertz CT molecular complexity index is 338. The molecule has 1 atom stereocenters. The van der Waals surface area contributed by atoms with Gasteiger partial charge in [-0.3, -0.25) is 4.68 Å². The van der Waals surface area contributed by atoms with Crippen LogP contribution in [-0.4, -0.2) is 15.8 Å². The first-order valence-electron chi connectivity index (χ1n) is 5.65.